The molecule has 0 amide bonds. The predicted molar refractivity (Wildman–Crippen MR) is 86.8 cm³/mol. The van der Waals surface area contributed by atoms with Crippen LogP contribution in [0.3, 0.4) is 0 Å². The highest BCUT2D eigenvalue weighted by Gasteiger charge is 2.04. The molecule has 0 unspecified atom stereocenters. The first-order valence-electron chi connectivity index (χ1n) is 8.03. The summed E-state index contributed by atoms with van der Waals surface area (Å²) in [6.07, 6.45) is 13.3. The molecule has 0 saturated carbocycles. The summed E-state index contributed by atoms with van der Waals surface area (Å²) in [5.41, 5.74) is 4.69. The fraction of sp³-hybridized carbons (Fsp3) is 0.579. The Balaban J connectivity index is 2.73. The van der Waals surface area contributed by atoms with Crippen molar-refractivity contribution < 1.29 is 0 Å². The van der Waals surface area contributed by atoms with Crippen LogP contribution in [0.15, 0.2) is 30.9 Å². The molecule has 0 nitrogen and oxygen atoms in total. The zero-order valence-corrected chi connectivity index (χ0v) is 12.9. The van der Waals surface area contributed by atoms with Gasteiger partial charge in [-0.25, -0.2) is 0 Å². The van der Waals surface area contributed by atoms with E-state index in [4.69, 9.17) is 0 Å². The van der Waals surface area contributed by atoms with Crippen LogP contribution in [0.4, 0.5) is 0 Å². The predicted octanol–water partition coefficient (Wildman–Crippen LogP) is 5.88. The van der Waals surface area contributed by atoms with Crippen LogP contribution in [0, 0.1) is 0 Å². The second-order valence-corrected chi connectivity index (χ2v) is 5.49. The van der Waals surface area contributed by atoms with Crippen molar-refractivity contribution >= 4 is 0 Å². The van der Waals surface area contributed by atoms with Crippen LogP contribution in [0.25, 0.3) is 0 Å². The van der Waals surface area contributed by atoms with Crippen molar-refractivity contribution in [3.05, 3.63) is 47.5 Å². The fourth-order valence-electron chi connectivity index (χ4n) is 2.50. The van der Waals surface area contributed by atoms with Gasteiger partial charge in [-0.05, 0) is 61.6 Å². The van der Waals surface area contributed by atoms with Gasteiger partial charge in [0.1, 0.15) is 0 Å². The van der Waals surface area contributed by atoms with Crippen molar-refractivity contribution in [1.82, 2.24) is 0 Å². The number of hydrogen-bond acceptors (Lipinski definition) is 0. The summed E-state index contributed by atoms with van der Waals surface area (Å²) in [4.78, 5) is 0. The molecular weight excluding hydrogens is 228 g/mol. The first-order valence-corrected chi connectivity index (χ1v) is 8.03. The maximum absolute atomic E-state index is 3.81. The Bertz CT molecular complexity index is 362. The number of aryl methyl sites for hydroxylation is 3. The van der Waals surface area contributed by atoms with Gasteiger partial charge in [0.05, 0.1) is 0 Å². The van der Waals surface area contributed by atoms with Gasteiger partial charge in [0, 0.05) is 0 Å². The Morgan fingerprint density at radius 3 is 2.26 bits per heavy atom. The average Bonchev–Trinajstić information content (AvgIpc) is 2.44. The zero-order valence-electron chi connectivity index (χ0n) is 12.9. The number of allylic oxidation sites excluding steroid dienone is 1. The largest absolute Gasteiger partial charge is 0.103 e. The van der Waals surface area contributed by atoms with E-state index in [1.54, 1.807) is 11.1 Å². The fourth-order valence-corrected chi connectivity index (χ4v) is 2.50. The molecule has 19 heavy (non-hydrogen) atoms. The quantitative estimate of drug-likeness (QED) is 0.363. The molecule has 0 heteroatoms. The lowest BCUT2D eigenvalue weighted by Gasteiger charge is -2.11. The number of benzene rings is 1. The van der Waals surface area contributed by atoms with E-state index in [1.807, 2.05) is 6.08 Å². The Morgan fingerprint density at radius 1 is 0.895 bits per heavy atom. The highest BCUT2D eigenvalue weighted by molar-refractivity contribution is 5.32. The Labute approximate surface area is 119 Å². The van der Waals surface area contributed by atoms with Gasteiger partial charge in [0.2, 0.25) is 0 Å². The third-order valence-corrected chi connectivity index (χ3v) is 3.74. The topological polar surface area (TPSA) is 0 Å². The normalized spacial score (nSPS) is 10.6. The molecular formula is C19H30. The summed E-state index contributed by atoms with van der Waals surface area (Å²) in [6.45, 7) is 8.35. The lowest BCUT2D eigenvalue weighted by Crippen LogP contribution is -1.97. The molecule has 0 N–H and O–H groups in total. The molecule has 0 aliphatic heterocycles. The van der Waals surface area contributed by atoms with Crippen molar-refractivity contribution in [2.45, 2.75) is 71.6 Å². The van der Waals surface area contributed by atoms with E-state index in [0.717, 1.165) is 6.42 Å². The van der Waals surface area contributed by atoms with Crippen molar-refractivity contribution in [3.8, 4) is 0 Å². The van der Waals surface area contributed by atoms with Crippen LogP contribution >= 0.6 is 0 Å². The van der Waals surface area contributed by atoms with Crippen LogP contribution in [0.2, 0.25) is 0 Å². The van der Waals surface area contributed by atoms with Gasteiger partial charge in [-0.1, -0.05) is 51.0 Å². The second kappa shape index (κ2) is 9.83. The molecule has 0 heterocycles. The second-order valence-electron chi connectivity index (χ2n) is 5.49. The molecule has 1 aromatic rings. The average molecular weight is 258 g/mol. The van der Waals surface area contributed by atoms with Crippen LogP contribution in [0.1, 0.15) is 69.1 Å². The van der Waals surface area contributed by atoms with E-state index in [0.29, 0.717) is 0 Å². The third-order valence-electron chi connectivity index (χ3n) is 3.74. The summed E-state index contributed by atoms with van der Waals surface area (Å²) >= 11 is 0. The molecule has 0 aliphatic carbocycles. The molecule has 0 fully saturated rings. The first-order chi connectivity index (χ1) is 9.31. The van der Waals surface area contributed by atoms with E-state index in [9.17, 15) is 0 Å². The summed E-state index contributed by atoms with van der Waals surface area (Å²) in [5, 5.41) is 0. The van der Waals surface area contributed by atoms with E-state index >= 15 is 0 Å². The third kappa shape index (κ3) is 6.09. The molecule has 0 saturated heterocycles. The van der Waals surface area contributed by atoms with Gasteiger partial charge in [0.15, 0.2) is 0 Å². The lowest BCUT2D eigenvalue weighted by molar-refractivity contribution is 0.762. The molecule has 0 atom stereocenters. The van der Waals surface area contributed by atoms with E-state index in [1.165, 1.54) is 56.9 Å². The minimum atomic E-state index is 1.13. The molecule has 0 spiro atoms. The monoisotopic (exact) mass is 258 g/mol. The van der Waals surface area contributed by atoms with E-state index < -0.39 is 0 Å². The maximum Gasteiger partial charge on any atom is -0.0273 e. The Kier molecular flexibility index (Phi) is 8.29. The van der Waals surface area contributed by atoms with Crippen molar-refractivity contribution in [1.29, 1.82) is 0 Å². The number of hydrogen-bond donors (Lipinski definition) is 0. The number of rotatable bonds is 10. The molecule has 0 radical (unpaired) electrons. The van der Waals surface area contributed by atoms with Gasteiger partial charge in [-0.2, -0.15) is 0 Å². The summed E-state index contributed by atoms with van der Waals surface area (Å²) in [7, 11) is 0. The number of unbranched alkanes of at least 4 members (excludes halogenated alkanes) is 3. The van der Waals surface area contributed by atoms with Crippen molar-refractivity contribution in [3.63, 3.8) is 0 Å². The Morgan fingerprint density at radius 2 is 1.58 bits per heavy atom. The molecule has 0 aliphatic rings. The first kappa shape index (κ1) is 16.0. The lowest BCUT2D eigenvalue weighted by atomic mass is 9.94. The molecule has 0 aromatic heterocycles. The van der Waals surface area contributed by atoms with Gasteiger partial charge in [0.25, 0.3) is 0 Å². The highest BCUT2D eigenvalue weighted by Crippen LogP contribution is 2.19. The van der Waals surface area contributed by atoms with Gasteiger partial charge < -0.3 is 0 Å². The summed E-state index contributed by atoms with van der Waals surface area (Å²) in [5.74, 6) is 0. The minimum Gasteiger partial charge on any atom is -0.103 e. The van der Waals surface area contributed by atoms with Crippen LogP contribution in [0.5, 0.6) is 0 Å². The summed E-state index contributed by atoms with van der Waals surface area (Å²) in [6, 6.07) is 7.18. The molecule has 0 bridgehead atoms. The van der Waals surface area contributed by atoms with Crippen LogP contribution < -0.4 is 0 Å². The smallest absolute Gasteiger partial charge is 0.0273 e. The van der Waals surface area contributed by atoms with E-state index in [-0.39, 0.29) is 0 Å². The van der Waals surface area contributed by atoms with Crippen LogP contribution in [-0.2, 0) is 19.3 Å². The SMILES string of the molecule is C=CCCCc1ccc(CCCC)cc1CCCC. The molecule has 1 rings (SSSR count). The highest BCUT2D eigenvalue weighted by atomic mass is 14.1. The van der Waals surface area contributed by atoms with Gasteiger partial charge in [-0.15, -0.1) is 6.58 Å². The minimum absolute atomic E-state index is 1.13. The molecule has 1 aromatic carbocycles. The molecule has 106 valence electrons. The Hall–Kier alpha value is -1.04. The summed E-state index contributed by atoms with van der Waals surface area (Å²) < 4.78 is 0. The zero-order chi connectivity index (χ0) is 13.9. The van der Waals surface area contributed by atoms with Gasteiger partial charge in [-0.3, -0.25) is 0 Å². The van der Waals surface area contributed by atoms with Crippen LogP contribution in [-0.4, -0.2) is 0 Å². The maximum atomic E-state index is 3.81. The standard InChI is InChI=1S/C19H30/c1-4-7-10-13-18-15-14-17(11-8-5-2)16-19(18)12-9-6-3/h4,14-16H,1,5-13H2,2-3H3. The van der Waals surface area contributed by atoms with E-state index in [2.05, 4.69) is 38.6 Å². The van der Waals surface area contributed by atoms with Gasteiger partial charge >= 0.3 is 0 Å². The van der Waals surface area contributed by atoms with Crippen molar-refractivity contribution in [2.24, 2.45) is 0 Å². The van der Waals surface area contributed by atoms with Crippen molar-refractivity contribution in [2.75, 3.05) is 0 Å².